The molecule has 0 aromatic carbocycles. The van der Waals surface area contributed by atoms with Crippen LogP contribution in [-0.4, -0.2) is 23.2 Å². The molecule has 0 saturated carbocycles. The van der Waals surface area contributed by atoms with Crippen LogP contribution in [0.4, 0.5) is 13.2 Å². The van der Waals surface area contributed by atoms with Gasteiger partial charge in [0.15, 0.2) is 5.78 Å². The summed E-state index contributed by atoms with van der Waals surface area (Å²) in [7, 11) is 0. The van der Waals surface area contributed by atoms with Crippen molar-refractivity contribution < 1.29 is 27.5 Å². The van der Waals surface area contributed by atoms with Crippen molar-refractivity contribution in [2.24, 2.45) is 0 Å². The summed E-state index contributed by atoms with van der Waals surface area (Å²) in [5, 5.41) is -0.488. The molecule has 0 fully saturated rings. The molecule has 1 aromatic heterocycles. The Bertz CT molecular complexity index is 597. The van der Waals surface area contributed by atoms with Gasteiger partial charge >= 0.3 is 6.18 Å². The molecule has 114 valence electrons. The van der Waals surface area contributed by atoms with E-state index >= 15 is 0 Å². The first kappa shape index (κ1) is 17.2. The van der Waals surface area contributed by atoms with E-state index in [1.807, 2.05) is 0 Å². The Kier molecular flexibility index (Phi) is 5.48. The van der Waals surface area contributed by atoms with Crippen molar-refractivity contribution in [1.82, 2.24) is 4.98 Å². The summed E-state index contributed by atoms with van der Waals surface area (Å²) in [5.74, 6) is -1.50. The number of ether oxygens (including phenoxy) is 1. The molecule has 0 bridgehead atoms. The van der Waals surface area contributed by atoms with Crippen molar-refractivity contribution in [2.45, 2.75) is 20.0 Å². The van der Waals surface area contributed by atoms with Gasteiger partial charge in [-0.2, -0.15) is 13.2 Å². The minimum Gasteiger partial charge on any atom is -0.501 e. The summed E-state index contributed by atoms with van der Waals surface area (Å²) in [4.78, 5) is 26.9. The molecule has 0 aliphatic heterocycles. The summed E-state index contributed by atoms with van der Waals surface area (Å²) in [6.45, 7) is 2.99. The van der Waals surface area contributed by atoms with Crippen LogP contribution >= 0.6 is 11.6 Å². The zero-order chi connectivity index (χ0) is 16.2. The van der Waals surface area contributed by atoms with Crippen LogP contribution in [0.3, 0.4) is 0 Å². The van der Waals surface area contributed by atoms with E-state index in [-0.39, 0.29) is 12.2 Å². The summed E-state index contributed by atoms with van der Waals surface area (Å²) in [6, 6.07) is 0.584. The van der Waals surface area contributed by atoms with Gasteiger partial charge in [-0.1, -0.05) is 11.6 Å². The third kappa shape index (κ3) is 4.29. The summed E-state index contributed by atoms with van der Waals surface area (Å²) in [6.07, 6.45) is -3.19. The highest BCUT2D eigenvalue weighted by atomic mass is 35.5. The van der Waals surface area contributed by atoms with Gasteiger partial charge in [-0.3, -0.25) is 14.6 Å². The molecule has 4 nitrogen and oxygen atoms in total. The molecule has 1 aromatic rings. The second-order valence-electron chi connectivity index (χ2n) is 3.92. The Morgan fingerprint density at radius 1 is 1.43 bits per heavy atom. The lowest BCUT2D eigenvalue weighted by atomic mass is 10.1. The van der Waals surface area contributed by atoms with Crippen molar-refractivity contribution in [1.29, 1.82) is 0 Å². The van der Waals surface area contributed by atoms with Crippen LogP contribution in [0.25, 0.3) is 0 Å². The molecule has 1 heterocycles. The number of aromatic nitrogens is 1. The number of nitrogens with zero attached hydrogens (tertiary/aromatic N) is 1. The minimum absolute atomic E-state index is 0.220. The molecule has 1 rings (SSSR count). The molecular weight excluding hydrogens is 311 g/mol. The van der Waals surface area contributed by atoms with E-state index < -0.39 is 34.0 Å². The molecule has 0 N–H and O–H groups in total. The number of hydrogen-bond acceptors (Lipinski definition) is 4. The lowest BCUT2D eigenvalue weighted by Crippen LogP contribution is -2.15. The highest BCUT2D eigenvalue weighted by molar-refractivity contribution is 6.36. The van der Waals surface area contributed by atoms with Gasteiger partial charge in [0.25, 0.3) is 0 Å². The smallest absolute Gasteiger partial charge is 0.417 e. The Hall–Kier alpha value is -1.89. The Labute approximate surface area is 123 Å². The average Bonchev–Trinajstić information content (AvgIpc) is 2.37. The number of hydrogen-bond donors (Lipinski definition) is 0. The molecule has 0 saturated heterocycles. The second kappa shape index (κ2) is 6.71. The number of halogens is 4. The van der Waals surface area contributed by atoms with E-state index in [0.717, 1.165) is 13.2 Å². The van der Waals surface area contributed by atoms with E-state index in [1.165, 1.54) is 0 Å². The zero-order valence-electron chi connectivity index (χ0n) is 11.1. The first-order valence-electron chi connectivity index (χ1n) is 5.78. The number of Topliss-reactive ketones (excluding diaryl/α,β-unsaturated/α-hetero) is 2. The topological polar surface area (TPSA) is 56.3 Å². The van der Waals surface area contributed by atoms with E-state index in [9.17, 15) is 22.8 Å². The normalized spacial score (nSPS) is 12.2. The van der Waals surface area contributed by atoms with Crippen LogP contribution in [-0.2, 0) is 15.7 Å². The maximum atomic E-state index is 12.5. The standard InChI is InChI=1S/C13H11ClF3NO3/c1-3-21-6-9(7(2)19)12(20)11-10(14)4-8(5-18-11)13(15,16)17/h4-6H,3H2,1-2H3. The molecule has 0 atom stereocenters. The molecule has 21 heavy (non-hydrogen) atoms. The fraction of sp³-hybridized carbons (Fsp3) is 0.308. The van der Waals surface area contributed by atoms with Crippen LogP contribution in [0.15, 0.2) is 24.1 Å². The molecule has 0 amide bonds. The van der Waals surface area contributed by atoms with Gasteiger partial charge in [-0.05, 0) is 19.9 Å². The maximum absolute atomic E-state index is 12.5. The van der Waals surface area contributed by atoms with Crippen molar-refractivity contribution in [3.05, 3.63) is 40.4 Å². The van der Waals surface area contributed by atoms with Gasteiger partial charge in [-0.25, -0.2) is 0 Å². The number of carbonyl (C=O) groups excluding carboxylic acids is 2. The van der Waals surface area contributed by atoms with Gasteiger partial charge in [0, 0.05) is 6.20 Å². The largest absolute Gasteiger partial charge is 0.501 e. The van der Waals surface area contributed by atoms with Crippen molar-refractivity contribution >= 4 is 23.2 Å². The van der Waals surface area contributed by atoms with Crippen LogP contribution in [0.5, 0.6) is 0 Å². The predicted molar refractivity (Wildman–Crippen MR) is 69.0 cm³/mol. The van der Waals surface area contributed by atoms with Gasteiger partial charge in [0.05, 0.1) is 23.5 Å². The quantitative estimate of drug-likeness (QED) is 0.274. The lowest BCUT2D eigenvalue weighted by Gasteiger charge is -2.09. The van der Waals surface area contributed by atoms with Crippen molar-refractivity contribution in [3.8, 4) is 0 Å². The minimum atomic E-state index is -4.62. The summed E-state index contributed by atoms with van der Waals surface area (Å²) >= 11 is 5.65. The highest BCUT2D eigenvalue weighted by Crippen LogP contribution is 2.31. The number of rotatable bonds is 5. The SMILES string of the molecule is CCOC=C(C(C)=O)C(=O)c1ncc(C(F)(F)F)cc1Cl. The molecule has 0 aliphatic carbocycles. The Morgan fingerprint density at radius 2 is 2.05 bits per heavy atom. The number of pyridine rings is 1. The predicted octanol–water partition coefficient (Wildman–Crippen LogP) is 3.45. The lowest BCUT2D eigenvalue weighted by molar-refractivity contribution is -0.137. The molecule has 0 unspecified atom stereocenters. The summed E-state index contributed by atoms with van der Waals surface area (Å²) < 4.78 is 42.3. The number of allylic oxidation sites excluding steroid dienone is 1. The van der Waals surface area contributed by atoms with Crippen molar-refractivity contribution in [2.75, 3.05) is 6.61 Å². The molecular formula is C13H11ClF3NO3. The highest BCUT2D eigenvalue weighted by Gasteiger charge is 2.32. The van der Waals surface area contributed by atoms with E-state index in [4.69, 9.17) is 16.3 Å². The van der Waals surface area contributed by atoms with Gasteiger partial charge < -0.3 is 4.74 Å². The number of carbonyl (C=O) groups is 2. The molecule has 8 heteroatoms. The van der Waals surface area contributed by atoms with E-state index in [2.05, 4.69) is 4.98 Å². The monoisotopic (exact) mass is 321 g/mol. The number of ketones is 2. The number of alkyl halides is 3. The third-order valence-corrected chi connectivity index (χ3v) is 2.66. The maximum Gasteiger partial charge on any atom is 0.417 e. The first-order chi connectivity index (χ1) is 9.68. The van der Waals surface area contributed by atoms with Crippen LogP contribution in [0.1, 0.15) is 29.9 Å². The molecule has 0 spiro atoms. The Morgan fingerprint density at radius 3 is 2.48 bits per heavy atom. The van der Waals surface area contributed by atoms with Crippen LogP contribution < -0.4 is 0 Å². The van der Waals surface area contributed by atoms with Gasteiger partial charge in [0.1, 0.15) is 11.3 Å². The third-order valence-electron chi connectivity index (χ3n) is 2.38. The average molecular weight is 322 g/mol. The first-order valence-corrected chi connectivity index (χ1v) is 6.16. The van der Waals surface area contributed by atoms with E-state index in [0.29, 0.717) is 12.3 Å². The van der Waals surface area contributed by atoms with Gasteiger partial charge in [-0.15, -0.1) is 0 Å². The van der Waals surface area contributed by atoms with Crippen molar-refractivity contribution in [3.63, 3.8) is 0 Å². The zero-order valence-corrected chi connectivity index (χ0v) is 11.9. The Balaban J connectivity index is 3.21. The second-order valence-corrected chi connectivity index (χ2v) is 4.33. The van der Waals surface area contributed by atoms with E-state index in [1.54, 1.807) is 6.92 Å². The van der Waals surface area contributed by atoms with Gasteiger partial charge in [0.2, 0.25) is 5.78 Å². The molecule has 0 aliphatic rings. The fourth-order valence-electron chi connectivity index (χ4n) is 1.35. The van der Waals surface area contributed by atoms with Crippen LogP contribution in [0.2, 0.25) is 5.02 Å². The summed E-state index contributed by atoms with van der Waals surface area (Å²) in [5.41, 5.74) is -1.86. The molecule has 0 radical (unpaired) electrons. The fourth-order valence-corrected chi connectivity index (χ4v) is 1.60. The van der Waals surface area contributed by atoms with Crippen LogP contribution in [0, 0.1) is 0 Å².